The average molecular weight is 344 g/mol. The SMILES string of the molecule is COc1cc(C(F)(F)F)cc(C(F)(F)F)c1[C@@H](N)CCCCN. The lowest BCUT2D eigenvalue weighted by Gasteiger charge is -2.23. The van der Waals surface area contributed by atoms with Gasteiger partial charge in [-0.2, -0.15) is 26.3 Å². The summed E-state index contributed by atoms with van der Waals surface area (Å²) in [4.78, 5) is 0. The Bertz CT molecular complexity index is 527. The van der Waals surface area contributed by atoms with Crippen molar-refractivity contribution in [2.75, 3.05) is 13.7 Å². The Kier molecular flexibility index (Phi) is 6.29. The molecule has 0 unspecified atom stereocenters. The van der Waals surface area contributed by atoms with Gasteiger partial charge in [0.25, 0.3) is 0 Å². The molecule has 1 aromatic carbocycles. The van der Waals surface area contributed by atoms with Crippen molar-refractivity contribution in [2.45, 2.75) is 37.7 Å². The van der Waals surface area contributed by atoms with E-state index in [1.807, 2.05) is 0 Å². The van der Waals surface area contributed by atoms with Crippen LogP contribution in [0.2, 0.25) is 0 Å². The Labute approximate surface area is 129 Å². The van der Waals surface area contributed by atoms with E-state index in [1.165, 1.54) is 0 Å². The van der Waals surface area contributed by atoms with E-state index in [-0.39, 0.29) is 12.5 Å². The van der Waals surface area contributed by atoms with E-state index >= 15 is 0 Å². The van der Waals surface area contributed by atoms with Crippen LogP contribution in [0.15, 0.2) is 12.1 Å². The lowest BCUT2D eigenvalue weighted by atomic mass is 9.93. The molecule has 3 nitrogen and oxygen atoms in total. The maximum atomic E-state index is 13.2. The van der Waals surface area contributed by atoms with Crippen molar-refractivity contribution in [1.82, 2.24) is 0 Å². The van der Waals surface area contributed by atoms with Gasteiger partial charge in [-0.05, 0) is 31.5 Å². The summed E-state index contributed by atoms with van der Waals surface area (Å²) in [6.07, 6.45) is -8.73. The number of methoxy groups -OCH3 is 1. The molecular weight excluding hydrogens is 326 g/mol. The van der Waals surface area contributed by atoms with E-state index in [0.717, 1.165) is 7.11 Å². The molecule has 1 atom stereocenters. The van der Waals surface area contributed by atoms with Crippen LogP contribution < -0.4 is 16.2 Å². The molecule has 1 rings (SSSR count). The Morgan fingerprint density at radius 3 is 2.09 bits per heavy atom. The number of ether oxygens (including phenoxy) is 1. The summed E-state index contributed by atoms with van der Waals surface area (Å²) in [7, 11) is 1.01. The number of benzene rings is 1. The molecule has 0 aromatic heterocycles. The van der Waals surface area contributed by atoms with Crippen molar-refractivity contribution >= 4 is 0 Å². The van der Waals surface area contributed by atoms with Crippen molar-refractivity contribution < 1.29 is 31.1 Å². The highest BCUT2D eigenvalue weighted by molar-refractivity contribution is 5.48. The fourth-order valence-electron chi connectivity index (χ4n) is 2.23. The standard InChI is InChI=1S/C14H18F6N2O/c1-23-11-7-8(13(15,16)17)6-9(14(18,19)20)12(11)10(22)4-2-3-5-21/h6-7,10H,2-5,21-22H2,1H3/t10-/m0/s1. The minimum Gasteiger partial charge on any atom is -0.496 e. The van der Waals surface area contributed by atoms with Crippen LogP contribution in [0.4, 0.5) is 26.3 Å². The summed E-state index contributed by atoms with van der Waals surface area (Å²) in [5.74, 6) is -0.521. The number of halogens is 6. The second-order valence-electron chi connectivity index (χ2n) is 5.03. The Morgan fingerprint density at radius 1 is 1.04 bits per heavy atom. The van der Waals surface area contributed by atoms with Crippen molar-refractivity contribution in [3.05, 3.63) is 28.8 Å². The average Bonchev–Trinajstić information content (AvgIpc) is 2.44. The third-order valence-electron chi connectivity index (χ3n) is 3.33. The van der Waals surface area contributed by atoms with Gasteiger partial charge in [0.1, 0.15) is 5.75 Å². The first-order valence-electron chi connectivity index (χ1n) is 6.84. The maximum Gasteiger partial charge on any atom is 0.416 e. The van der Waals surface area contributed by atoms with Crippen molar-refractivity contribution in [1.29, 1.82) is 0 Å². The van der Waals surface area contributed by atoms with Gasteiger partial charge in [0.15, 0.2) is 0 Å². The molecule has 0 aliphatic carbocycles. The molecule has 23 heavy (non-hydrogen) atoms. The van der Waals surface area contributed by atoms with Gasteiger partial charge in [0.05, 0.1) is 18.2 Å². The second kappa shape index (κ2) is 7.39. The molecule has 1 aromatic rings. The molecule has 0 saturated carbocycles. The monoisotopic (exact) mass is 344 g/mol. The molecule has 0 fully saturated rings. The Balaban J connectivity index is 3.41. The van der Waals surface area contributed by atoms with Crippen LogP contribution in [-0.2, 0) is 12.4 Å². The number of nitrogens with two attached hydrogens (primary N) is 2. The van der Waals surface area contributed by atoms with Gasteiger partial charge >= 0.3 is 12.4 Å². The van der Waals surface area contributed by atoms with Gasteiger partial charge in [-0.1, -0.05) is 6.42 Å². The summed E-state index contributed by atoms with van der Waals surface area (Å²) in [5.41, 5.74) is 7.75. The minimum absolute atomic E-state index is 0.0701. The fourth-order valence-corrected chi connectivity index (χ4v) is 2.23. The molecule has 0 aliphatic heterocycles. The number of rotatable bonds is 6. The topological polar surface area (TPSA) is 61.3 Å². The maximum absolute atomic E-state index is 13.2. The summed E-state index contributed by atoms with van der Waals surface area (Å²) in [6, 6.07) is -0.496. The summed E-state index contributed by atoms with van der Waals surface area (Å²) >= 11 is 0. The number of hydrogen-bond donors (Lipinski definition) is 2. The molecule has 9 heteroatoms. The van der Waals surface area contributed by atoms with E-state index < -0.39 is 40.8 Å². The number of alkyl halides is 6. The number of unbranched alkanes of at least 4 members (excludes halogenated alkanes) is 1. The van der Waals surface area contributed by atoms with Crippen LogP contribution in [0.25, 0.3) is 0 Å². The van der Waals surface area contributed by atoms with E-state index in [2.05, 4.69) is 0 Å². The van der Waals surface area contributed by atoms with Gasteiger partial charge in [0.2, 0.25) is 0 Å². The van der Waals surface area contributed by atoms with Gasteiger partial charge in [0, 0.05) is 11.6 Å². The van der Waals surface area contributed by atoms with E-state index in [4.69, 9.17) is 16.2 Å². The van der Waals surface area contributed by atoms with Crippen LogP contribution in [-0.4, -0.2) is 13.7 Å². The van der Waals surface area contributed by atoms with E-state index in [9.17, 15) is 26.3 Å². The molecule has 0 aliphatic rings. The lowest BCUT2D eigenvalue weighted by molar-refractivity contribution is -0.143. The van der Waals surface area contributed by atoms with E-state index in [0.29, 0.717) is 25.5 Å². The highest BCUT2D eigenvalue weighted by Gasteiger charge is 2.40. The minimum atomic E-state index is -4.98. The molecule has 0 bridgehead atoms. The van der Waals surface area contributed by atoms with Gasteiger partial charge in [-0.3, -0.25) is 0 Å². The third-order valence-corrected chi connectivity index (χ3v) is 3.33. The van der Waals surface area contributed by atoms with Crippen LogP contribution in [0.3, 0.4) is 0 Å². The highest BCUT2D eigenvalue weighted by Crippen LogP contribution is 2.43. The van der Waals surface area contributed by atoms with Crippen LogP contribution in [0.5, 0.6) is 5.75 Å². The predicted octanol–water partition coefficient (Wildman–Crippen LogP) is 3.86. The largest absolute Gasteiger partial charge is 0.496 e. The fraction of sp³-hybridized carbons (Fsp3) is 0.571. The zero-order valence-corrected chi connectivity index (χ0v) is 12.4. The molecule has 0 saturated heterocycles. The quantitative estimate of drug-likeness (QED) is 0.608. The Morgan fingerprint density at radius 2 is 1.65 bits per heavy atom. The third kappa shape index (κ3) is 5.00. The molecule has 0 radical (unpaired) electrons. The molecule has 0 heterocycles. The van der Waals surface area contributed by atoms with Crippen molar-refractivity contribution in [3.8, 4) is 5.75 Å². The normalized spacial score (nSPS) is 14.0. The zero-order chi connectivity index (χ0) is 17.8. The first kappa shape index (κ1) is 19.6. The molecule has 132 valence electrons. The first-order chi connectivity index (χ1) is 10.5. The number of hydrogen-bond acceptors (Lipinski definition) is 3. The predicted molar refractivity (Wildman–Crippen MR) is 72.8 cm³/mol. The van der Waals surface area contributed by atoms with Crippen LogP contribution >= 0.6 is 0 Å². The molecule has 4 N–H and O–H groups in total. The lowest BCUT2D eigenvalue weighted by Crippen LogP contribution is -2.21. The molecule has 0 amide bonds. The Hall–Kier alpha value is -1.48. The van der Waals surface area contributed by atoms with Crippen LogP contribution in [0.1, 0.15) is 42.0 Å². The molecular formula is C14H18F6N2O. The highest BCUT2D eigenvalue weighted by atomic mass is 19.4. The van der Waals surface area contributed by atoms with Gasteiger partial charge in [-0.15, -0.1) is 0 Å². The van der Waals surface area contributed by atoms with Gasteiger partial charge < -0.3 is 16.2 Å². The van der Waals surface area contributed by atoms with E-state index in [1.54, 1.807) is 0 Å². The van der Waals surface area contributed by atoms with Gasteiger partial charge in [-0.25, -0.2) is 0 Å². The molecule has 0 spiro atoms. The van der Waals surface area contributed by atoms with Crippen molar-refractivity contribution in [3.63, 3.8) is 0 Å². The zero-order valence-electron chi connectivity index (χ0n) is 12.4. The smallest absolute Gasteiger partial charge is 0.416 e. The summed E-state index contributed by atoms with van der Waals surface area (Å²) < 4.78 is 82.6. The summed E-state index contributed by atoms with van der Waals surface area (Å²) in [6.45, 7) is 0.350. The second-order valence-corrected chi connectivity index (χ2v) is 5.03. The first-order valence-corrected chi connectivity index (χ1v) is 6.84. The van der Waals surface area contributed by atoms with Crippen LogP contribution in [0, 0.1) is 0 Å². The summed E-state index contributed by atoms with van der Waals surface area (Å²) in [5, 5.41) is 0. The van der Waals surface area contributed by atoms with Crippen molar-refractivity contribution in [2.24, 2.45) is 11.5 Å².